The van der Waals surface area contributed by atoms with Crippen molar-refractivity contribution in [1.29, 1.82) is 0 Å². The zero-order valence-electron chi connectivity index (χ0n) is 5.57. The van der Waals surface area contributed by atoms with Gasteiger partial charge in [-0.25, -0.2) is 0 Å². The molecule has 0 saturated heterocycles. The van der Waals surface area contributed by atoms with Crippen molar-refractivity contribution >= 4 is 0 Å². The summed E-state index contributed by atoms with van der Waals surface area (Å²) >= 11 is 0. The quantitative estimate of drug-likeness (QED) is 0.510. The molecule has 0 amide bonds. The molecule has 0 heteroatoms. The molecule has 0 rings (SSSR count). The molecule has 0 aliphatic heterocycles. The highest BCUT2D eigenvalue weighted by Gasteiger charge is 1.89. The van der Waals surface area contributed by atoms with E-state index in [2.05, 4.69) is 27.2 Å². The highest BCUT2D eigenvalue weighted by atomic mass is 13.9. The van der Waals surface area contributed by atoms with Crippen molar-refractivity contribution in [2.24, 2.45) is 5.92 Å². The first kappa shape index (κ1) is 7.00. The van der Waals surface area contributed by atoms with E-state index in [-0.39, 0.29) is 0 Å². The molecule has 1 radical (unpaired) electrons. The molecule has 0 heterocycles. The summed E-state index contributed by atoms with van der Waals surface area (Å²) in [6, 6.07) is 0. The lowest BCUT2D eigenvalue weighted by Crippen LogP contribution is -1.85. The van der Waals surface area contributed by atoms with Gasteiger partial charge in [-0.2, -0.15) is 0 Å². The van der Waals surface area contributed by atoms with Crippen LogP contribution in [0.25, 0.3) is 0 Å². The van der Waals surface area contributed by atoms with Crippen molar-refractivity contribution in [3.8, 4) is 0 Å². The fraction of sp³-hybridized carbons (Fsp3) is 0.857. The molecule has 0 unspecified atom stereocenters. The Morgan fingerprint density at radius 3 is 2.14 bits per heavy atom. The molecule has 0 aromatic carbocycles. The maximum Gasteiger partial charge on any atom is -0.0360 e. The Kier molecular flexibility index (Phi) is 4.17. The van der Waals surface area contributed by atoms with Gasteiger partial charge in [-0.1, -0.05) is 33.6 Å². The van der Waals surface area contributed by atoms with Crippen LogP contribution in [0, 0.1) is 12.3 Å². The van der Waals surface area contributed by atoms with Crippen LogP contribution in [0.1, 0.15) is 33.6 Å². The van der Waals surface area contributed by atoms with Gasteiger partial charge in [-0.05, 0) is 12.3 Å². The van der Waals surface area contributed by atoms with Gasteiger partial charge in [0.25, 0.3) is 0 Å². The fourth-order valence-corrected chi connectivity index (χ4v) is 0.500. The summed E-state index contributed by atoms with van der Waals surface area (Å²) in [7, 11) is 0. The van der Waals surface area contributed by atoms with Crippen molar-refractivity contribution in [1.82, 2.24) is 0 Å². The highest BCUT2D eigenvalue weighted by Crippen LogP contribution is 2.02. The maximum atomic E-state index is 2.35. The Bertz CT molecular complexity index is 29.0. The third-order valence-electron chi connectivity index (χ3n) is 0.927. The van der Waals surface area contributed by atoms with Crippen LogP contribution in [0.2, 0.25) is 0 Å². The fourth-order valence-electron chi connectivity index (χ4n) is 0.500. The monoisotopic (exact) mass is 99.1 g/mol. The Morgan fingerprint density at radius 2 is 2.00 bits per heavy atom. The van der Waals surface area contributed by atoms with Crippen LogP contribution >= 0.6 is 0 Å². The van der Waals surface area contributed by atoms with Gasteiger partial charge in [-0.15, -0.1) is 0 Å². The third kappa shape index (κ3) is 6.00. The lowest BCUT2D eigenvalue weighted by molar-refractivity contribution is 0.692. The van der Waals surface area contributed by atoms with Gasteiger partial charge in [0.15, 0.2) is 0 Å². The molecule has 0 bridgehead atoms. The number of unbranched alkanes of at least 4 members (excludes halogenated alkanes) is 1. The van der Waals surface area contributed by atoms with E-state index in [1.807, 2.05) is 0 Å². The summed E-state index contributed by atoms with van der Waals surface area (Å²) in [5.41, 5.74) is 0. The minimum atomic E-state index is 0.778. The predicted molar refractivity (Wildman–Crippen MR) is 34.0 cm³/mol. The van der Waals surface area contributed by atoms with Crippen LogP contribution in [-0.4, -0.2) is 0 Å². The van der Waals surface area contributed by atoms with Crippen LogP contribution in [-0.2, 0) is 0 Å². The van der Waals surface area contributed by atoms with Crippen LogP contribution in [0.4, 0.5) is 0 Å². The molecule has 43 valence electrons. The zero-order valence-corrected chi connectivity index (χ0v) is 5.57. The summed E-state index contributed by atoms with van der Waals surface area (Å²) in [6.45, 7) is 6.64. The molecule has 0 spiro atoms. The van der Waals surface area contributed by atoms with Crippen molar-refractivity contribution in [2.45, 2.75) is 33.6 Å². The number of hydrogen-bond acceptors (Lipinski definition) is 0. The van der Waals surface area contributed by atoms with E-state index in [9.17, 15) is 0 Å². The average Bonchev–Trinajstić information content (AvgIpc) is 1.61. The molecule has 0 N–H and O–H groups in total. The molecular weight excluding hydrogens is 84.1 g/mol. The van der Waals surface area contributed by atoms with E-state index in [4.69, 9.17) is 0 Å². The molecule has 0 aromatic rings. The summed E-state index contributed by atoms with van der Waals surface area (Å²) in [5, 5.41) is 0. The lowest BCUT2D eigenvalue weighted by atomic mass is 10.1. The SMILES string of the molecule is CCC[CH]C(C)C. The largest absolute Gasteiger partial charge is 0.0654 e. The summed E-state index contributed by atoms with van der Waals surface area (Å²) in [6.07, 6.45) is 4.91. The van der Waals surface area contributed by atoms with Gasteiger partial charge in [0.1, 0.15) is 0 Å². The van der Waals surface area contributed by atoms with Crippen molar-refractivity contribution in [3.05, 3.63) is 6.42 Å². The van der Waals surface area contributed by atoms with E-state index >= 15 is 0 Å². The minimum absolute atomic E-state index is 0.778. The molecule has 0 atom stereocenters. The average molecular weight is 99.2 g/mol. The van der Waals surface area contributed by atoms with E-state index in [0.717, 1.165) is 5.92 Å². The Labute approximate surface area is 46.9 Å². The predicted octanol–water partition coefficient (Wildman–Crippen LogP) is 2.65. The molecular formula is C7H15. The van der Waals surface area contributed by atoms with Crippen molar-refractivity contribution in [2.75, 3.05) is 0 Å². The van der Waals surface area contributed by atoms with Crippen LogP contribution in [0.5, 0.6) is 0 Å². The van der Waals surface area contributed by atoms with Gasteiger partial charge in [0, 0.05) is 0 Å². The molecule has 0 nitrogen and oxygen atoms in total. The van der Waals surface area contributed by atoms with Gasteiger partial charge >= 0.3 is 0 Å². The minimum Gasteiger partial charge on any atom is -0.0654 e. The number of rotatable bonds is 3. The Balaban J connectivity index is 2.68. The first-order chi connectivity index (χ1) is 3.27. The summed E-state index contributed by atoms with van der Waals surface area (Å²) in [4.78, 5) is 0. The standard InChI is InChI=1S/C7H15/c1-4-5-6-7(2)3/h6-7H,4-5H2,1-3H3. The van der Waals surface area contributed by atoms with Crippen molar-refractivity contribution < 1.29 is 0 Å². The van der Waals surface area contributed by atoms with Gasteiger partial charge in [0.2, 0.25) is 0 Å². The Hall–Kier alpha value is 0. The summed E-state index contributed by atoms with van der Waals surface area (Å²) in [5.74, 6) is 0.778. The Morgan fingerprint density at radius 1 is 1.43 bits per heavy atom. The number of hydrogen-bond donors (Lipinski definition) is 0. The second kappa shape index (κ2) is 4.17. The zero-order chi connectivity index (χ0) is 5.70. The van der Waals surface area contributed by atoms with Crippen LogP contribution in [0.3, 0.4) is 0 Å². The first-order valence-electron chi connectivity index (χ1n) is 3.10. The maximum absolute atomic E-state index is 2.35. The van der Waals surface area contributed by atoms with Crippen molar-refractivity contribution in [3.63, 3.8) is 0 Å². The molecule has 0 aliphatic rings. The van der Waals surface area contributed by atoms with E-state index in [1.54, 1.807) is 0 Å². The third-order valence-corrected chi connectivity index (χ3v) is 0.927. The molecule has 0 aromatic heterocycles. The van der Waals surface area contributed by atoms with E-state index in [0.29, 0.717) is 0 Å². The van der Waals surface area contributed by atoms with Gasteiger partial charge in [0.05, 0.1) is 0 Å². The normalized spacial score (nSPS) is 10.3. The van der Waals surface area contributed by atoms with E-state index in [1.165, 1.54) is 12.8 Å². The first-order valence-corrected chi connectivity index (χ1v) is 3.10. The highest BCUT2D eigenvalue weighted by molar-refractivity contribution is 4.66. The van der Waals surface area contributed by atoms with Gasteiger partial charge in [-0.3, -0.25) is 0 Å². The van der Waals surface area contributed by atoms with Crippen LogP contribution < -0.4 is 0 Å². The second-order valence-electron chi connectivity index (χ2n) is 2.27. The van der Waals surface area contributed by atoms with Crippen LogP contribution in [0.15, 0.2) is 0 Å². The smallest absolute Gasteiger partial charge is 0.0360 e. The van der Waals surface area contributed by atoms with Gasteiger partial charge < -0.3 is 0 Å². The van der Waals surface area contributed by atoms with E-state index < -0.39 is 0 Å². The lowest BCUT2D eigenvalue weighted by Gasteiger charge is -1.98. The molecule has 0 fully saturated rings. The topological polar surface area (TPSA) is 0 Å². The molecule has 0 saturated carbocycles. The summed E-state index contributed by atoms with van der Waals surface area (Å²) < 4.78 is 0. The molecule has 7 heavy (non-hydrogen) atoms. The molecule has 0 aliphatic carbocycles. The second-order valence-corrected chi connectivity index (χ2v) is 2.27.